The summed E-state index contributed by atoms with van der Waals surface area (Å²) in [6, 6.07) is 6.78. The van der Waals surface area contributed by atoms with Crippen LogP contribution in [0.1, 0.15) is 4.88 Å². The van der Waals surface area contributed by atoms with Crippen LogP contribution >= 0.6 is 11.3 Å². The molecule has 2 aromatic rings. The molecular formula is C12H15N3O2S2. The molecule has 2 N–H and O–H groups in total. The van der Waals surface area contributed by atoms with Gasteiger partial charge in [-0.25, -0.2) is 17.7 Å². The summed E-state index contributed by atoms with van der Waals surface area (Å²) in [4.78, 5) is 5.13. The van der Waals surface area contributed by atoms with Gasteiger partial charge in [0.1, 0.15) is 5.82 Å². The summed E-state index contributed by atoms with van der Waals surface area (Å²) in [6.45, 7) is 0.436. The summed E-state index contributed by atoms with van der Waals surface area (Å²) in [6.07, 6.45) is 2.10. The Kier molecular flexibility index (Phi) is 4.18. The first-order valence-electron chi connectivity index (χ1n) is 5.70. The molecular weight excluding hydrogens is 282 g/mol. The van der Waals surface area contributed by atoms with Crippen LogP contribution in [0, 0.1) is 0 Å². The lowest BCUT2D eigenvalue weighted by atomic mass is 10.3. The highest BCUT2D eigenvalue weighted by molar-refractivity contribution is 7.89. The molecule has 0 saturated carbocycles. The van der Waals surface area contributed by atoms with E-state index < -0.39 is 10.0 Å². The third-order valence-electron chi connectivity index (χ3n) is 2.71. The molecule has 0 aromatic carbocycles. The average molecular weight is 297 g/mol. The highest BCUT2D eigenvalue weighted by Crippen LogP contribution is 2.17. The number of nitrogens with zero attached hydrogens (tertiary/aromatic N) is 2. The van der Waals surface area contributed by atoms with E-state index in [1.54, 1.807) is 18.4 Å². The number of hydrogen-bond donors (Lipinski definition) is 1. The van der Waals surface area contributed by atoms with Gasteiger partial charge in [-0.2, -0.15) is 0 Å². The largest absolute Gasteiger partial charge is 0.384 e. The maximum atomic E-state index is 12.3. The Morgan fingerprint density at radius 1 is 1.42 bits per heavy atom. The maximum absolute atomic E-state index is 12.3. The number of hydrogen-bond acceptors (Lipinski definition) is 5. The Bertz CT molecular complexity index is 639. The van der Waals surface area contributed by atoms with Crippen LogP contribution in [0.3, 0.4) is 0 Å². The quantitative estimate of drug-likeness (QED) is 0.909. The first kappa shape index (κ1) is 14.0. The minimum atomic E-state index is -3.50. The molecule has 0 aliphatic carbocycles. The summed E-state index contributed by atoms with van der Waals surface area (Å²) in [5.74, 6) is 0.202. The molecule has 0 amide bonds. The van der Waals surface area contributed by atoms with Crippen molar-refractivity contribution in [2.45, 2.75) is 11.3 Å². The Hall–Kier alpha value is -1.44. The number of aromatic nitrogens is 1. The second kappa shape index (κ2) is 5.68. The number of sulfonamides is 1. The zero-order valence-corrected chi connectivity index (χ0v) is 12.1. The molecule has 0 aliphatic heterocycles. The van der Waals surface area contributed by atoms with Crippen molar-refractivity contribution in [3.05, 3.63) is 40.7 Å². The van der Waals surface area contributed by atoms with Crippen LogP contribution in [0.2, 0.25) is 0 Å². The highest BCUT2D eigenvalue weighted by atomic mass is 32.2. The molecule has 0 bridgehead atoms. The van der Waals surface area contributed by atoms with Gasteiger partial charge >= 0.3 is 0 Å². The molecule has 0 saturated heterocycles. The molecule has 0 fully saturated rings. The van der Waals surface area contributed by atoms with Gasteiger partial charge in [0.25, 0.3) is 0 Å². The monoisotopic (exact) mass is 297 g/mol. The van der Waals surface area contributed by atoms with E-state index in [1.165, 1.54) is 22.6 Å². The van der Waals surface area contributed by atoms with E-state index in [4.69, 9.17) is 5.73 Å². The third kappa shape index (κ3) is 3.31. The van der Waals surface area contributed by atoms with Crippen LogP contribution in [0.15, 0.2) is 40.7 Å². The Labute approximate surface area is 116 Å². The van der Waals surface area contributed by atoms with Crippen molar-refractivity contribution in [3.8, 4) is 0 Å². The first-order chi connectivity index (χ1) is 9.00. The topological polar surface area (TPSA) is 76.3 Å². The molecule has 0 radical (unpaired) electrons. The molecule has 7 heteroatoms. The van der Waals surface area contributed by atoms with E-state index in [2.05, 4.69) is 4.98 Å². The van der Waals surface area contributed by atoms with E-state index in [1.807, 2.05) is 17.5 Å². The van der Waals surface area contributed by atoms with Crippen molar-refractivity contribution < 1.29 is 8.42 Å². The van der Waals surface area contributed by atoms with Gasteiger partial charge in [-0.05, 0) is 23.9 Å². The second-order valence-electron chi connectivity index (χ2n) is 4.07. The van der Waals surface area contributed by atoms with Gasteiger partial charge in [-0.1, -0.05) is 6.07 Å². The smallest absolute Gasteiger partial charge is 0.243 e. The lowest BCUT2D eigenvalue weighted by Gasteiger charge is -2.16. The van der Waals surface area contributed by atoms with Crippen LogP contribution in [0.4, 0.5) is 5.82 Å². The Balaban J connectivity index is 2.11. The van der Waals surface area contributed by atoms with Gasteiger partial charge in [0.05, 0.1) is 4.90 Å². The SMILES string of the molecule is CN(CCc1cccs1)S(=O)(=O)c1ccnc(N)c1. The van der Waals surface area contributed by atoms with Gasteiger partial charge in [0, 0.05) is 30.7 Å². The molecule has 0 spiro atoms. The van der Waals surface area contributed by atoms with Crippen LogP contribution in [-0.2, 0) is 16.4 Å². The van der Waals surface area contributed by atoms with Crippen molar-refractivity contribution in [2.24, 2.45) is 0 Å². The molecule has 19 heavy (non-hydrogen) atoms. The predicted octanol–water partition coefficient (Wildman–Crippen LogP) is 1.59. The third-order valence-corrected chi connectivity index (χ3v) is 5.50. The van der Waals surface area contributed by atoms with Crippen molar-refractivity contribution in [1.82, 2.24) is 9.29 Å². The zero-order chi connectivity index (χ0) is 13.9. The van der Waals surface area contributed by atoms with E-state index in [0.717, 1.165) is 4.88 Å². The fourth-order valence-corrected chi connectivity index (χ4v) is 3.50. The van der Waals surface area contributed by atoms with Crippen LogP contribution in [0.5, 0.6) is 0 Å². The number of anilines is 1. The minimum absolute atomic E-state index is 0.175. The second-order valence-corrected chi connectivity index (χ2v) is 7.15. The Morgan fingerprint density at radius 3 is 2.84 bits per heavy atom. The molecule has 2 rings (SSSR count). The first-order valence-corrected chi connectivity index (χ1v) is 8.02. The van der Waals surface area contributed by atoms with E-state index in [0.29, 0.717) is 13.0 Å². The molecule has 5 nitrogen and oxygen atoms in total. The van der Waals surface area contributed by atoms with Crippen LogP contribution in [0.25, 0.3) is 0 Å². The summed E-state index contributed by atoms with van der Waals surface area (Å²) in [5, 5.41) is 1.98. The van der Waals surface area contributed by atoms with Crippen molar-refractivity contribution >= 4 is 27.2 Å². The van der Waals surface area contributed by atoms with E-state index >= 15 is 0 Å². The molecule has 2 heterocycles. The number of rotatable bonds is 5. The maximum Gasteiger partial charge on any atom is 0.243 e. The summed E-state index contributed by atoms with van der Waals surface area (Å²) in [5.41, 5.74) is 5.51. The standard InChI is InChI=1S/C12H15N3O2S2/c1-15(7-5-10-3-2-8-18-10)19(16,17)11-4-6-14-12(13)9-11/h2-4,6,8-9H,5,7H2,1H3,(H2,13,14). The number of likely N-dealkylation sites (N-methyl/N-ethyl adjacent to an activating group) is 1. The normalized spacial score (nSPS) is 11.9. The molecule has 102 valence electrons. The minimum Gasteiger partial charge on any atom is -0.384 e. The molecule has 0 aliphatic rings. The van der Waals surface area contributed by atoms with E-state index in [9.17, 15) is 8.42 Å². The van der Waals surface area contributed by atoms with Crippen molar-refractivity contribution in [1.29, 1.82) is 0 Å². The van der Waals surface area contributed by atoms with Gasteiger partial charge in [0.2, 0.25) is 10.0 Å². The average Bonchev–Trinajstić information content (AvgIpc) is 2.89. The highest BCUT2D eigenvalue weighted by Gasteiger charge is 2.20. The summed E-state index contributed by atoms with van der Waals surface area (Å²) in [7, 11) is -1.93. The van der Waals surface area contributed by atoms with Crippen molar-refractivity contribution in [2.75, 3.05) is 19.3 Å². The van der Waals surface area contributed by atoms with Gasteiger partial charge < -0.3 is 5.73 Å². The number of nitrogens with two attached hydrogens (primary N) is 1. The molecule has 0 atom stereocenters. The summed E-state index contributed by atoms with van der Waals surface area (Å²) < 4.78 is 25.9. The van der Waals surface area contributed by atoms with Gasteiger partial charge in [0.15, 0.2) is 0 Å². The molecule has 0 unspecified atom stereocenters. The van der Waals surface area contributed by atoms with Crippen molar-refractivity contribution in [3.63, 3.8) is 0 Å². The fraction of sp³-hybridized carbons (Fsp3) is 0.250. The lowest BCUT2D eigenvalue weighted by molar-refractivity contribution is 0.473. The fourth-order valence-electron chi connectivity index (χ4n) is 1.61. The van der Waals surface area contributed by atoms with Gasteiger partial charge in [-0.3, -0.25) is 0 Å². The number of pyridine rings is 1. The Morgan fingerprint density at radius 2 is 2.21 bits per heavy atom. The molecule has 2 aromatic heterocycles. The number of thiophene rings is 1. The zero-order valence-electron chi connectivity index (χ0n) is 10.5. The summed E-state index contributed by atoms with van der Waals surface area (Å²) >= 11 is 1.62. The van der Waals surface area contributed by atoms with Crippen LogP contribution < -0.4 is 5.73 Å². The lowest BCUT2D eigenvalue weighted by Crippen LogP contribution is -2.29. The van der Waals surface area contributed by atoms with Crippen LogP contribution in [-0.4, -0.2) is 31.3 Å². The van der Waals surface area contributed by atoms with E-state index in [-0.39, 0.29) is 10.7 Å². The number of nitrogen functional groups attached to an aromatic ring is 1. The van der Waals surface area contributed by atoms with Gasteiger partial charge in [-0.15, -0.1) is 11.3 Å². The predicted molar refractivity (Wildman–Crippen MR) is 76.5 cm³/mol.